The summed E-state index contributed by atoms with van der Waals surface area (Å²) in [7, 11) is 0. The third-order valence-electron chi connectivity index (χ3n) is 4.09. The number of rotatable bonds is 6. The third kappa shape index (κ3) is 7.38. The van der Waals surface area contributed by atoms with Crippen molar-refractivity contribution in [3.8, 4) is 0 Å². The molecule has 1 aromatic heterocycles. The molecule has 2 aromatic carbocycles. The zero-order valence-corrected chi connectivity index (χ0v) is 17.0. The third-order valence-corrected chi connectivity index (χ3v) is 4.90. The van der Waals surface area contributed by atoms with Crippen LogP contribution in [-0.2, 0) is 13.0 Å². The van der Waals surface area contributed by atoms with E-state index in [0.29, 0.717) is 10.0 Å². The van der Waals surface area contributed by atoms with Gasteiger partial charge in [0.25, 0.3) is 5.09 Å². The Morgan fingerprint density at radius 1 is 1.11 bits per heavy atom. The molecule has 0 aliphatic carbocycles. The Morgan fingerprint density at radius 2 is 1.75 bits per heavy atom. The van der Waals surface area contributed by atoms with Crippen molar-refractivity contribution in [3.63, 3.8) is 0 Å². The van der Waals surface area contributed by atoms with Crippen LogP contribution in [0.25, 0.3) is 0 Å². The first kappa shape index (κ1) is 22.0. The van der Waals surface area contributed by atoms with Gasteiger partial charge in [0.05, 0.1) is 6.33 Å². The number of benzene rings is 2. The van der Waals surface area contributed by atoms with E-state index in [0.717, 1.165) is 30.0 Å². The van der Waals surface area contributed by atoms with Crippen molar-refractivity contribution in [2.45, 2.75) is 25.3 Å². The molecule has 3 rings (SSSR count). The topological polar surface area (TPSA) is 81.2 Å². The minimum absolute atomic E-state index is 0.277. The Kier molecular flexibility index (Phi) is 8.57. The second kappa shape index (κ2) is 10.9. The maximum Gasteiger partial charge on any atom is 0.291 e. The van der Waals surface area contributed by atoms with Gasteiger partial charge in [0.2, 0.25) is 0 Å². The summed E-state index contributed by atoms with van der Waals surface area (Å²) in [5, 5.41) is 15.8. The average Bonchev–Trinajstić information content (AvgIpc) is 3.13. The van der Waals surface area contributed by atoms with Gasteiger partial charge in [-0.15, -0.1) is 10.1 Å². The zero-order chi connectivity index (χ0) is 20.5. The molecule has 0 fully saturated rings. The minimum atomic E-state index is -1.50. The van der Waals surface area contributed by atoms with E-state index in [9.17, 15) is 0 Å². The van der Waals surface area contributed by atoms with Crippen molar-refractivity contribution in [2.24, 2.45) is 0 Å². The number of halogens is 3. The maximum absolute atomic E-state index is 8.36. The van der Waals surface area contributed by atoms with Crippen LogP contribution in [0, 0.1) is 10.1 Å². The Hall–Kier alpha value is -2.28. The lowest BCUT2D eigenvalue weighted by Gasteiger charge is -2.19. The quantitative estimate of drug-likeness (QED) is 0.380. The summed E-state index contributed by atoms with van der Waals surface area (Å²) < 4.78 is 2.08. The van der Waals surface area contributed by atoms with E-state index in [4.69, 9.17) is 50.1 Å². The van der Waals surface area contributed by atoms with Gasteiger partial charge in [-0.05, 0) is 48.2 Å². The Morgan fingerprint density at radius 3 is 2.32 bits per heavy atom. The molecule has 3 aromatic rings. The number of hydrogen-bond acceptors (Lipinski definition) is 3. The van der Waals surface area contributed by atoms with Crippen LogP contribution in [0.5, 0.6) is 0 Å². The lowest BCUT2D eigenvalue weighted by atomic mass is 9.92. The largest absolute Gasteiger partial charge is 0.337 e. The zero-order valence-electron chi connectivity index (χ0n) is 14.7. The molecule has 9 heteroatoms. The van der Waals surface area contributed by atoms with E-state index in [1.807, 2.05) is 42.9 Å². The maximum atomic E-state index is 8.36. The first-order valence-electron chi connectivity index (χ1n) is 8.33. The normalized spacial score (nSPS) is 11.4. The van der Waals surface area contributed by atoms with Crippen LogP contribution in [0.3, 0.4) is 0 Å². The van der Waals surface area contributed by atoms with E-state index in [2.05, 4.69) is 21.7 Å². The van der Waals surface area contributed by atoms with Gasteiger partial charge in [0.15, 0.2) is 0 Å². The van der Waals surface area contributed by atoms with Crippen LogP contribution in [0.15, 0.2) is 61.2 Å². The number of imidazole rings is 1. The number of nitrogens with zero attached hydrogens (tertiary/aromatic N) is 3. The van der Waals surface area contributed by atoms with Crippen LogP contribution < -0.4 is 0 Å². The SMILES string of the molecule is Clc1ccc(CCC(Cn2ccnc2)c2ccc(Cl)cc2Cl)cc1.O=[N+]([O-])O. The van der Waals surface area contributed by atoms with Gasteiger partial charge < -0.3 is 9.77 Å². The van der Waals surface area contributed by atoms with Gasteiger partial charge in [-0.1, -0.05) is 53.0 Å². The van der Waals surface area contributed by atoms with Gasteiger partial charge in [0, 0.05) is 39.9 Å². The average molecular weight is 443 g/mol. The summed E-state index contributed by atoms with van der Waals surface area (Å²) in [5.74, 6) is 0.277. The second-order valence-corrected chi connectivity index (χ2v) is 7.31. The Labute approximate surface area is 177 Å². The van der Waals surface area contributed by atoms with E-state index >= 15 is 0 Å². The molecule has 28 heavy (non-hydrogen) atoms. The first-order chi connectivity index (χ1) is 13.3. The fraction of sp³-hybridized carbons (Fsp3) is 0.211. The van der Waals surface area contributed by atoms with Crippen molar-refractivity contribution in [1.29, 1.82) is 0 Å². The smallest absolute Gasteiger partial charge is 0.291 e. The van der Waals surface area contributed by atoms with E-state index in [1.165, 1.54) is 5.56 Å². The molecule has 6 nitrogen and oxygen atoms in total. The molecule has 0 aliphatic rings. The number of hydrogen-bond donors (Lipinski definition) is 1. The van der Waals surface area contributed by atoms with Crippen molar-refractivity contribution in [3.05, 3.63) is 97.5 Å². The summed E-state index contributed by atoms with van der Waals surface area (Å²) >= 11 is 18.4. The Balaban J connectivity index is 0.000000640. The molecule has 1 N–H and O–H groups in total. The predicted molar refractivity (Wildman–Crippen MR) is 110 cm³/mol. The molecule has 0 aliphatic heterocycles. The standard InChI is InChI=1S/C19H17Cl3N2.HNO3/c20-16-5-2-14(3-6-16)1-4-15(12-24-10-9-23-13-24)18-8-7-17(21)11-19(18)22;2-1(3)4/h2-3,5-11,13,15H,1,4,12H2;(H,2,3,4). The fourth-order valence-corrected chi connectivity index (χ4v) is 3.51. The summed E-state index contributed by atoms with van der Waals surface area (Å²) in [4.78, 5) is 12.5. The molecular formula is C19H18Cl3N3O3. The highest BCUT2D eigenvalue weighted by Gasteiger charge is 2.16. The van der Waals surface area contributed by atoms with Crippen LogP contribution in [0.4, 0.5) is 0 Å². The summed E-state index contributed by atoms with van der Waals surface area (Å²) in [6, 6.07) is 13.7. The van der Waals surface area contributed by atoms with Gasteiger partial charge in [0.1, 0.15) is 0 Å². The molecule has 0 saturated carbocycles. The van der Waals surface area contributed by atoms with Gasteiger partial charge in [-0.3, -0.25) is 0 Å². The van der Waals surface area contributed by atoms with E-state index in [-0.39, 0.29) is 5.92 Å². The summed E-state index contributed by atoms with van der Waals surface area (Å²) in [5.41, 5.74) is 2.38. The van der Waals surface area contributed by atoms with Gasteiger partial charge >= 0.3 is 0 Å². The van der Waals surface area contributed by atoms with Crippen molar-refractivity contribution < 1.29 is 10.3 Å². The molecule has 0 saturated heterocycles. The van der Waals surface area contributed by atoms with Gasteiger partial charge in [-0.2, -0.15) is 0 Å². The van der Waals surface area contributed by atoms with Crippen molar-refractivity contribution in [1.82, 2.24) is 9.55 Å². The highest BCUT2D eigenvalue weighted by Crippen LogP contribution is 2.32. The lowest BCUT2D eigenvalue weighted by molar-refractivity contribution is -0.742. The highest BCUT2D eigenvalue weighted by molar-refractivity contribution is 6.35. The van der Waals surface area contributed by atoms with Gasteiger partial charge in [-0.25, -0.2) is 4.98 Å². The monoisotopic (exact) mass is 441 g/mol. The second-order valence-electron chi connectivity index (χ2n) is 6.03. The molecular weight excluding hydrogens is 425 g/mol. The molecule has 0 spiro atoms. The van der Waals surface area contributed by atoms with Crippen LogP contribution >= 0.6 is 34.8 Å². The molecule has 0 bridgehead atoms. The number of aromatic nitrogens is 2. The first-order valence-corrected chi connectivity index (χ1v) is 9.47. The molecule has 0 amide bonds. The molecule has 1 unspecified atom stereocenters. The van der Waals surface area contributed by atoms with Crippen molar-refractivity contribution >= 4 is 34.8 Å². The molecule has 148 valence electrons. The highest BCUT2D eigenvalue weighted by atomic mass is 35.5. The number of aryl methyl sites for hydroxylation is 1. The molecule has 1 heterocycles. The Bertz CT molecular complexity index is 883. The molecule has 0 radical (unpaired) electrons. The van der Waals surface area contributed by atoms with Crippen LogP contribution in [-0.4, -0.2) is 19.8 Å². The van der Waals surface area contributed by atoms with Crippen LogP contribution in [0.2, 0.25) is 15.1 Å². The van der Waals surface area contributed by atoms with Crippen LogP contribution in [0.1, 0.15) is 23.5 Å². The molecule has 1 atom stereocenters. The lowest BCUT2D eigenvalue weighted by Crippen LogP contribution is -2.10. The predicted octanol–water partition coefficient (Wildman–Crippen LogP) is 5.91. The van der Waals surface area contributed by atoms with E-state index < -0.39 is 5.09 Å². The minimum Gasteiger partial charge on any atom is -0.337 e. The fourth-order valence-electron chi connectivity index (χ4n) is 2.82. The summed E-state index contributed by atoms with van der Waals surface area (Å²) in [6.45, 7) is 0.828. The van der Waals surface area contributed by atoms with E-state index in [1.54, 1.807) is 6.20 Å². The van der Waals surface area contributed by atoms with Crippen molar-refractivity contribution in [2.75, 3.05) is 0 Å². The summed E-state index contributed by atoms with van der Waals surface area (Å²) in [6.07, 6.45) is 7.52.